The number of hydrogen-bond donors (Lipinski definition) is 3. The van der Waals surface area contributed by atoms with Gasteiger partial charge >= 0.3 is 0 Å². The third kappa shape index (κ3) is 1.52. The molecule has 0 radical (unpaired) electrons. The molecular formula is C12H20N4O. The van der Waals surface area contributed by atoms with E-state index in [2.05, 4.69) is 43.2 Å². The van der Waals surface area contributed by atoms with E-state index >= 15 is 0 Å². The lowest BCUT2D eigenvalue weighted by molar-refractivity contribution is 0.0944. The Kier molecular flexibility index (Phi) is 2.28. The highest BCUT2D eigenvalue weighted by molar-refractivity contribution is 5.99. The number of nitrogens with one attached hydrogen (secondary N) is 2. The Labute approximate surface area is 101 Å². The summed E-state index contributed by atoms with van der Waals surface area (Å²) in [6.45, 7) is 10.4. The summed E-state index contributed by atoms with van der Waals surface area (Å²) in [4.78, 5) is 12.1. The second-order valence-corrected chi connectivity index (χ2v) is 5.96. The number of rotatable bonds is 2. The van der Waals surface area contributed by atoms with Crippen LogP contribution in [0.5, 0.6) is 0 Å². The number of anilines is 1. The maximum absolute atomic E-state index is 12.1. The summed E-state index contributed by atoms with van der Waals surface area (Å²) in [5.74, 6) is 0.119. The van der Waals surface area contributed by atoms with Gasteiger partial charge in [0.2, 0.25) is 0 Å². The van der Waals surface area contributed by atoms with E-state index in [4.69, 9.17) is 5.73 Å². The highest BCUT2D eigenvalue weighted by Crippen LogP contribution is 2.62. The number of carbonyl (C=O) groups is 1. The molecule has 0 unspecified atom stereocenters. The first kappa shape index (κ1) is 12.0. The predicted octanol–water partition coefficient (Wildman–Crippen LogP) is 1.46. The number of nitrogens with two attached hydrogens (primary N) is 1. The third-order valence-corrected chi connectivity index (χ3v) is 4.50. The van der Waals surface area contributed by atoms with Gasteiger partial charge in [-0.1, -0.05) is 27.7 Å². The zero-order chi connectivity index (χ0) is 13.0. The molecule has 0 aliphatic heterocycles. The zero-order valence-electron chi connectivity index (χ0n) is 11.0. The van der Waals surface area contributed by atoms with Gasteiger partial charge in [-0.25, -0.2) is 0 Å². The first-order valence-electron chi connectivity index (χ1n) is 5.81. The van der Waals surface area contributed by atoms with Crippen LogP contribution in [0.4, 0.5) is 5.82 Å². The van der Waals surface area contributed by atoms with Gasteiger partial charge in [0, 0.05) is 11.7 Å². The van der Waals surface area contributed by atoms with Gasteiger partial charge in [-0.05, 0) is 17.8 Å². The molecule has 5 heteroatoms. The van der Waals surface area contributed by atoms with Crippen LogP contribution in [-0.4, -0.2) is 22.1 Å². The molecule has 5 nitrogen and oxygen atoms in total. The average Bonchev–Trinajstić information content (AvgIpc) is 2.51. The first-order valence-corrected chi connectivity index (χ1v) is 5.81. The van der Waals surface area contributed by atoms with Crippen LogP contribution in [0.3, 0.4) is 0 Å². The molecule has 17 heavy (non-hydrogen) atoms. The Morgan fingerprint density at radius 2 is 1.88 bits per heavy atom. The molecular weight excluding hydrogens is 216 g/mol. The van der Waals surface area contributed by atoms with Crippen molar-refractivity contribution in [3.63, 3.8) is 0 Å². The lowest BCUT2D eigenvalue weighted by Gasteiger charge is -2.06. The first-order chi connectivity index (χ1) is 7.69. The highest BCUT2D eigenvalue weighted by atomic mass is 16.1. The molecule has 1 aromatic heterocycles. The molecule has 4 N–H and O–H groups in total. The number of hydrogen-bond acceptors (Lipinski definition) is 3. The third-order valence-electron chi connectivity index (χ3n) is 4.50. The topological polar surface area (TPSA) is 83.8 Å². The van der Waals surface area contributed by atoms with Crippen molar-refractivity contribution < 1.29 is 4.79 Å². The summed E-state index contributed by atoms with van der Waals surface area (Å²) in [5, 5.41) is 9.59. The molecule has 1 amide bonds. The summed E-state index contributed by atoms with van der Waals surface area (Å²) in [6.07, 6.45) is 0. The lowest BCUT2D eigenvalue weighted by Crippen LogP contribution is -2.30. The van der Waals surface area contributed by atoms with Gasteiger partial charge < -0.3 is 11.1 Å². The lowest BCUT2D eigenvalue weighted by atomic mass is 10.0. The van der Waals surface area contributed by atoms with E-state index in [9.17, 15) is 4.79 Å². The second-order valence-electron chi connectivity index (χ2n) is 5.96. The molecule has 1 fully saturated rings. The number of nitrogens with zero attached hydrogens (tertiary/aromatic N) is 1. The Bertz CT molecular complexity index is 439. The van der Waals surface area contributed by atoms with E-state index in [1.807, 2.05) is 0 Å². The molecule has 0 bridgehead atoms. The fourth-order valence-corrected chi connectivity index (χ4v) is 2.50. The van der Waals surface area contributed by atoms with Gasteiger partial charge in [0.15, 0.2) is 5.82 Å². The molecule has 1 aliphatic rings. The minimum Gasteiger partial charge on any atom is -0.382 e. The van der Waals surface area contributed by atoms with Gasteiger partial charge in [-0.3, -0.25) is 9.89 Å². The summed E-state index contributed by atoms with van der Waals surface area (Å²) in [7, 11) is 0. The number of carbonyl (C=O) groups excluding carboxylic acids is 1. The normalized spacial score (nSPS) is 21.2. The predicted molar refractivity (Wildman–Crippen MR) is 66.6 cm³/mol. The molecule has 0 saturated heterocycles. The standard InChI is InChI=1S/C12H20N4O/c1-6-7(8(13)16-15-6)9(17)14-10-11(2,3)12(10,4)5/h10H,1-5H3,(H,14,17)(H3,13,15,16). The van der Waals surface area contributed by atoms with Gasteiger partial charge in [0.1, 0.15) is 5.56 Å². The maximum atomic E-state index is 12.1. The van der Waals surface area contributed by atoms with Crippen molar-refractivity contribution >= 4 is 11.7 Å². The van der Waals surface area contributed by atoms with E-state index < -0.39 is 0 Å². The van der Waals surface area contributed by atoms with Crippen molar-refractivity contribution in [1.82, 2.24) is 15.5 Å². The van der Waals surface area contributed by atoms with Crippen LogP contribution in [0.1, 0.15) is 43.7 Å². The van der Waals surface area contributed by atoms with Crippen molar-refractivity contribution in [2.24, 2.45) is 10.8 Å². The number of nitrogen functional groups attached to an aromatic ring is 1. The molecule has 1 aliphatic carbocycles. The molecule has 94 valence electrons. The van der Waals surface area contributed by atoms with Crippen molar-refractivity contribution in [3.05, 3.63) is 11.3 Å². The van der Waals surface area contributed by atoms with E-state index in [0.29, 0.717) is 11.3 Å². The van der Waals surface area contributed by atoms with E-state index in [0.717, 1.165) is 0 Å². The van der Waals surface area contributed by atoms with Crippen molar-refractivity contribution in [1.29, 1.82) is 0 Å². The van der Waals surface area contributed by atoms with Crippen LogP contribution in [0.15, 0.2) is 0 Å². The average molecular weight is 236 g/mol. The Balaban J connectivity index is 2.15. The van der Waals surface area contributed by atoms with E-state index in [1.165, 1.54) is 0 Å². The van der Waals surface area contributed by atoms with Crippen LogP contribution in [0.2, 0.25) is 0 Å². The fourth-order valence-electron chi connectivity index (χ4n) is 2.50. The number of aryl methyl sites for hydroxylation is 1. The fraction of sp³-hybridized carbons (Fsp3) is 0.667. The smallest absolute Gasteiger partial charge is 0.257 e. The van der Waals surface area contributed by atoms with Crippen LogP contribution in [0.25, 0.3) is 0 Å². The van der Waals surface area contributed by atoms with Crippen LogP contribution in [0, 0.1) is 17.8 Å². The van der Waals surface area contributed by atoms with Gasteiger partial charge in [0.25, 0.3) is 5.91 Å². The Morgan fingerprint density at radius 3 is 2.24 bits per heavy atom. The largest absolute Gasteiger partial charge is 0.382 e. The van der Waals surface area contributed by atoms with E-state index in [1.54, 1.807) is 6.92 Å². The Hall–Kier alpha value is -1.52. The Morgan fingerprint density at radius 1 is 1.35 bits per heavy atom. The molecule has 0 spiro atoms. The monoisotopic (exact) mass is 236 g/mol. The van der Waals surface area contributed by atoms with Crippen molar-refractivity contribution in [2.45, 2.75) is 40.7 Å². The number of aromatic amines is 1. The van der Waals surface area contributed by atoms with Gasteiger partial charge in [-0.15, -0.1) is 0 Å². The summed E-state index contributed by atoms with van der Waals surface area (Å²) in [5.41, 5.74) is 7.08. The minimum atomic E-state index is -0.141. The summed E-state index contributed by atoms with van der Waals surface area (Å²) < 4.78 is 0. The molecule has 1 heterocycles. The minimum absolute atomic E-state index is 0.120. The van der Waals surface area contributed by atoms with Gasteiger partial charge in [0.05, 0.1) is 0 Å². The summed E-state index contributed by atoms with van der Waals surface area (Å²) in [6, 6.07) is 0.177. The number of H-pyrrole nitrogens is 1. The number of amides is 1. The SMILES string of the molecule is Cc1[nH]nc(N)c1C(=O)NC1C(C)(C)C1(C)C. The van der Waals surface area contributed by atoms with E-state index in [-0.39, 0.29) is 28.6 Å². The zero-order valence-corrected chi connectivity index (χ0v) is 11.0. The summed E-state index contributed by atoms with van der Waals surface area (Å²) >= 11 is 0. The molecule has 0 aromatic carbocycles. The van der Waals surface area contributed by atoms with Crippen LogP contribution < -0.4 is 11.1 Å². The van der Waals surface area contributed by atoms with Crippen molar-refractivity contribution in [3.8, 4) is 0 Å². The number of aromatic nitrogens is 2. The van der Waals surface area contributed by atoms with Gasteiger partial charge in [-0.2, -0.15) is 5.10 Å². The quantitative estimate of drug-likeness (QED) is 0.727. The van der Waals surface area contributed by atoms with Crippen LogP contribution >= 0.6 is 0 Å². The molecule has 2 rings (SSSR count). The van der Waals surface area contributed by atoms with Crippen LogP contribution in [-0.2, 0) is 0 Å². The molecule has 1 aromatic rings. The second kappa shape index (κ2) is 3.24. The van der Waals surface area contributed by atoms with Crippen molar-refractivity contribution in [2.75, 3.05) is 5.73 Å². The molecule has 0 atom stereocenters. The maximum Gasteiger partial charge on any atom is 0.257 e. The molecule has 1 saturated carbocycles. The highest BCUT2D eigenvalue weighted by Gasteiger charge is 2.65.